The first-order chi connectivity index (χ1) is 14.1. The molecule has 1 aliphatic rings. The number of nitrogens with zero attached hydrogens (tertiary/aromatic N) is 1. The van der Waals surface area contributed by atoms with Crippen LogP contribution in [0.2, 0.25) is 0 Å². The summed E-state index contributed by atoms with van der Waals surface area (Å²) in [5.74, 6) is 2.66. The van der Waals surface area contributed by atoms with Crippen molar-refractivity contribution in [2.75, 3.05) is 20.3 Å². The number of benzene rings is 2. The third kappa shape index (κ3) is 5.63. The van der Waals surface area contributed by atoms with Gasteiger partial charge in [-0.1, -0.05) is 26.0 Å². The molecule has 0 spiro atoms. The number of fused-ring (bicyclic) bond motifs is 1. The highest BCUT2D eigenvalue weighted by atomic mass is 16.6. The summed E-state index contributed by atoms with van der Waals surface area (Å²) < 4.78 is 22.4. The molecular formula is C22H26N2O5. The molecule has 1 heterocycles. The van der Waals surface area contributed by atoms with Gasteiger partial charge in [0.1, 0.15) is 6.61 Å². The van der Waals surface area contributed by atoms with Crippen molar-refractivity contribution in [3.63, 3.8) is 0 Å². The summed E-state index contributed by atoms with van der Waals surface area (Å²) >= 11 is 0. The molecule has 0 radical (unpaired) electrons. The Morgan fingerprint density at radius 3 is 2.79 bits per heavy atom. The Kier molecular flexibility index (Phi) is 6.94. The van der Waals surface area contributed by atoms with E-state index < -0.39 is 6.10 Å². The zero-order chi connectivity index (χ0) is 20.6. The standard InChI is InChI=1S/C22H26N2O5/c1-15(2)10-11-27-18-9-8-16(12-20(18)26-3)13-23-24-22(25)21-14-28-17-6-4-5-7-19(17)29-21/h4-9,12-13,15,21H,10-11,14H2,1-3H3,(H,24,25). The Bertz CT molecular complexity index is 866. The first kappa shape index (κ1) is 20.5. The second-order valence-corrected chi connectivity index (χ2v) is 7.04. The number of hydrogen-bond donors (Lipinski definition) is 1. The second kappa shape index (κ2) is 9.82. The van der Waals surface area contributed by atoms with E-state index in [2.05, 4.69) is 24.4 Å². The summed E-state index contributed by atoms with van der Waals surface area (Å²) in [7, 11) is 1.59. The van der Waals surface area contributed by atoms with Crippen molar-refractivity contribution in [3.05, 3.63) is 48.0 Å². The molecule has 7 nitrogen and oxygen atoms in total. The predicted molar refractivity (Wildman–Crippen MR) is 110 cm³/mol. The monoisotopic (exact) mass is 398 g/mol. The van der Waals surface area contributed by atoms with Gasteiger partial charge < -0.3 is 18.9 Å². The van der Waals surface area contributed by atoms with E-state index in [1.54, 1.807) is 25.3 Å². The summed E-state index contributed by atoms with van der Waals surface area (Å²) in [5, 5.41) is 4.01. The molecule has 7 heteroatoms. The Labute approximate surface area is 170 Å². The number of nitrogens with one attached hydrogen (secondary N) is 1. The normalized spacial score (nSPS) is 15.4. The van der Waals surface area contributed by atoms with Crippen LogP contribution in [0.3, 0.4) is 0 Å². The van der Waals surface area contributed by atoms with Gasteiger partial charge in [0.2, 0.25) is 6.10 Å². The van der Waals surface area contributed by atoms with E-state index in [4.69, 9.17) is 18.9 Å². The molecule has 0 fully saturated rings. The number of ether oxygens (including phenoxy) is 4. The third-order valence-corrected chi connectivity index (χ3v) is 4.33. The van der Waals surface area contributed by atoms with Crippen LogP contribution >= 0.6 is 0 Å². The lowest BCUT2D eigenvalue weighted by Crippen LogP contribution is -2.42. The van der Waals surface area contributed by atoms with Gasteiger partial charge in [-0.05, 0) is 48.2 Å². The minimum atomic E-state index is -0.756. The summed E-state index contributed by atoms with van der Waals surface area (Å²) in [6.07, 6.45) is 1.75. The smallest absolute Gasteiger partial charge is 0.284 e. The Morgan fingerprint density at radius 2 is 2.03 bits per heavy atom. The van der Waals surface area contributed by atoms with Crippen LogP contribution in [0.1, 0.15) is 25.8 Å². The molecule has 1 amide bonds. The molecule has 0 saturated heterocycles. The lowest BCUT2D eigenvalue weighted by atomic mass is 10.1. The zero-order valence-electron chi connectivity index (χ0n) is 16.9. The number of carbonyl (C=O) groups is 1. The van der Waals surface area contributed by atoms with Crippen LogP contribution < -0.4 is 24.4 Å². The average molecular weight is 398 g/mol. The predicted octanol–water partition coefficient (Wildman–Crippen LogP) is 3.41. The van der Waals surface area contributed by atoms with E-state index in [0.717, 1.165) is 12.0 Å². The fourth-order valence-corrected chi connectivity index (χ4v) is 2.68. The van der Waals surface area contributed by atoms with Crippen molar-refractivity contribution in [1.29, 1.82) is 0 Å². The molecule has 2 aromatic carbocycles. The highest BCUT2D eigenvalue weighted by Gasteiger charge is 2.26. The molecule has 1 N–H and O–H groups in total. The first-order valence-corrected chi connectivity index (χ1v) is 9.59. The number of hydrazone groups is 1. The van der Waals surface area contributed by atoms with Crippen molar-refractivity contribution < 1.29 is 23.7 Å². The highest BCUT2D eigenvalue weighted by molar-refractivity contribution is 5.85. The summed E-state index contributed by atoms with van der Waals surface area (Å²) in [6, 6.07) is 12.7. The van der Waals surface area contributed by atoms with Crippen LogP contribution in [0.25, 0.3) is 0 Å². The van der Waals surface area contributed by atoms with Gasteiger partial charge >= 0.3 is 0 Å². The van der Waals surface area contributed by atoms with Gasteiger partial charge in [-0.15, -0.1) is 0 Å². The molecule has 0 saturated carbocycles. The van der Waals surface area contributed by atoms with Crippen molar-refractivity contribution in [2.24, 2.45) is 11.0 Å². The van der Waals surface area contributed by atoms with Gasteiger partial charge in [0.15, 0.2) is 23.0 Å². The van der Waals surface area contributed by atoms with Gasteiger partial charge in [-0.2, -0.15) is 5.10 Å². The van der Waals surface area contributed by atoms with E-state index in [-0.39, 0.29) is 12.5 Å². The van der Waals surface area contributed by atoms with Crippen LogP contribution in [0, 0.1) is 5.92 Å². The molecule has 3 rings (SSSR count). The number of amides is 1. The number of carbonyl (C=O) groups excluding carboxylic acids is 1. The van der Waals surface area contributed by atoms with E-state index in [1.165, 1.54) is 6.21 Å². The Morgan fingerprint density at radius 1 is 1.24 bits per heavy atom. The number of methoxy groups -OCH3 is 1. The lowest BCUT2D eigenvalue weighted by molar-refractivity contribution is -0.130. The van der Waals surface area contributed by atoms with E-state index >= 15 is 0 Å². The number of para-hydroxylation sites is 2. The van der Waals surface area contributed by atoms with Gasteiger partial charge in [-0.25, -0.2) is 5.43 Å². The van der Waals surface area contributed by atoms with Crippen molar-refractivity contribution >= 4 is 12.1 Å². The molecule has 0 bridgehead atoms. The summed E-state index contributed by atoms with van der Waals surface area (Å²) in [4.78, 5) is 12.3. The topological polar surface area (TPSA) is 78.4 Å². The molecule has 1 aliphatic heterocycles. The van der Waals surface area contributed by atoms with E-state index in [9.17, 15) is 4.79 Å². The second-order valence-electron chi connectivity index (χ2n) is 7.04. The molecule has 2 aromatic rings. The van der Waals surface area contributed by atoms with Crippen molar-refractivity contribution in [1.82, 2.24) is 5.43 Å². The van der Waals surface area contributed by atoms with Gasteiger partial charge in [0.05, 0.1) is 19.9 Å². The van der Waals surface area contributed by atoms with E-state index in [1.807, 2.05) is 24.3 Å². The van der Waals surface area contributed by atoms with Crippen LogP contribution in [0.5, 0.6) is 23.0 Å². The highest BCUT2D eigenvalue weighted by Crippen LogP contribution is 2.31. The van der Waals surface area contributed by atoms with Crippen LogP contribution in [0.4, 0.5) is 0 Å². The maximum absolute atomic E-state index is 12.3. The quantitative estimate of drug-likeness (QED) is 0.545. The molecule has 154 valence electrons. The first-order valence-electron chi connectivity index (χ1n) is 9.59. The van der Waals surface area contributed by atoms with Crippen molar-refractivity contribution in [2.45, 2.75) is 26.4 Å². The SMILES string of the molecule is COc1cc(C=NNC(=O)C2COc3ccccc3O2)ccc1OCCC(C)C. The van der Waals surface area contributed by atoms with Crippen LogP contribution in [0.15, 0.2) is 47.6 Å². The fraction of sp³-hybridized carbons (Fsp3) is 0.364. The number of rotatable bonds is 8. The minimum absolute atomic E-state index is 0.134. The molecule has 29 heavy (non-hydrogen) atoms. The maximum Gasteiger partial charge on any atom is 0.284 e. The summed E-state index contributed by atoms with van der Waals surface area (Å²) in [6.45, 7) is 5.06. The molecular weight excluding hydrogens is 372 g/mol. The molecule has 1 atom stereocenters. The molecule has 0 aliphatic carbocycles. The van der Waals surface area contributed by atoms with Crippen LogP contribution in [-0.2, 0) is 4.79 Å². The molecule has 0 aromatic heterocycles. The van der Waals surface area contributed by atoms with E-state index in [0.29, 0.717) is 35.5 Å². The van der Waals surface area contributed by atoms with Crippen molar-refractivity contribution in [3.8, 4) is 23.0 Å². The number of hydrogen-bond acceptors (Lipinski definition) is 6. The Hall–Kier alpha value is -3.22. The van der Waals surface area contributed by atoms with Gasteiger partial charge in [-0.3, -0.25) is 4.79 Å². The average Bonchev–Trinajstić information content (AvgIpc) is 2.73. The zero-order valence-corrected chi connectivity index (χ0v) is 16.9. The Balaban J connectivity index is 1.55. The third-order valence-electron chi connectivity index (χ3n) is 4.33. The van der Waals surface area contributed by atoms with Gasteiger partial charge in [0, 0.05) is 0 Å². The minimum Gasteiger partial charge on any atom is -0.493 e. The summed E-state index contributed by atoms with van der Waals surface area (Å²) in [5.41, 5.74) is 3.25. The largest absolute Gasteiger partial charge is 0.493 e. The van der Waals surface area contributed by atoms with Gasteiger partial charge in [0.25, 0.3) is 5.91 Å². The maximum atomic E-state index is 12.3. The lowest BCUT2D eigenvalue weighted by Gasteiger charge is -2.24. The van der Waals surface area contributed by atoms with Crippen LogP contribution in [-0.4, -0.2) is 38.5 Å². The fourth-order valence-electron chi connectivity index (χ4n) is 2.68. The molecule has 1 unspecified atom stereocenters.